The summed E-state index contributed by atoms with van der Waals surface area (Å²) in [7, 11) is -4.12. The highest BCUT2D eigenvalue weighted by Gasteiger charge is 2.48. The molecule has 0 amide bonds. The third-order valence-corrected chi connectivity index (χ3v) is 9.08. The van der Waals surface area contributed by atoms with Crippen molar-refractivity contribution in [3.05, 3.63) is 85.1 Å². The van der Waals surface area contributed by atoms with Crippen molar-refractivity contribution in [3.8, 4) is 22.8 Å². The van der Waals surface area contributed by atoms with Crippen LogP contribution in [0.5, 0.6) is 5.88 Å². The summed E-state index contributed by atoms with van der Waals surface area (Å²) in [5, 5.41) is 4.24. The van der Waals surface area contributed by atoms with Crippen LogP contribution < -0.4 is 14.4 Å². The number of ether oxygens (including phenoxy) is 1. The van der Waals surface area contributed by atoms with Crippen molar-refractivity contribution in [2.45, 2.75) is 57.2 Å². The van der Waals surface area contributed by atoms with Gasteiger partial charge in [0.25, 0.3) is 10.0 Å². The van der Waals surface area contributed by atoms with Crippen LogP contribution in [0.25, 0.3) is 16.9 Å². The van der Waals surface area contributed by atoms with Crippen LogP contribution in [-0.2, 0) is 16.4 Å². The van der Waals surface area contributed by atoms with E-state index in [1.807, 2.05) is 29.2 Å². The van der Waals surface area contributed by atoms with Gasteiger partial charge in [0, 0.05) is 30.9 Å². The summed E-state index contributed by atoms with van der Waals surface area (Å²) in [5.41, 5.74) is 0.690. The molecule has 0 saturated heterocycles. The maximum Gasteiger partial charge on any atom is 0.397 e. The number of nitrogens with zero attached hydrogens (tertiary/aromatic N) is 5. The number of pyridine rings is 2. The molecule has 1 aliphatic heterocycles. The molecule has 0 aliphatic carbocycles. The Hall–Kier alpha value is -4.39. The van der Waals surface area contributed by atoms with E-state index in [4.69, 9.17) is 9.72 Å². The van der Waals surface area contributed by atoms with Crippen molar-refractivity contribution in [2.75, 3.05) is 29.3 Å². The number of fused-ring (bicyclic) bond motifs is 6. The topological polar surface area (TPSA) is 102 Å². The molecule has 4 bridgehead atoms. The van der Waals surface area contributed by atoms with E-state index in [1.165, 1.54) is 22.9 Å². The Morgan fingerprint density at radius 1 is 0.978 bits per heavy atom. The van der Waals surface area contributed by atoms with E-state index in [0.717, 1.165) is 57.1 Å². The smallest absolute Gasteiger partial charge is 0.397 e. The minimum absolute atomic E-state index is 0.0170. The second-order valence-corrected chi connectivity index (χ2v) is 13.5. The van der Waals surface area contributed by atoms with Crippen molar-refractivity contribution in [3.63, 3.8) is 0 Å². The van der Waals surface area contributed by atoms with Gasteiger partial charge in [0.15, 0.2) is 5.03 Å². The van der Waals surface area contributed by atoms with Gasteiger partial charge in [0.2, 0.25) is 5.88 Å². The molecule has 46 heavy (non-hydrogen) atoms. The van der Waals surface area contributed by atoms with Crippen molar-refractivity contribution in [1.29, 1.82) is 0 Å². The second-order valence-electron chi connectivity index (χ2n) is 11.8. The number of aryl methyl sites for hydroxylation is 1. The van der Waals surface area contributed by atoms with Crippen LogP contribution in [0.4, 0.5) is 24.8 Å². The van der Waals surface area contributed by atoms with E-state index in [2.05, 4.69) is 21.4 Å². The molecule has 244 valence electrons. The van der Waals surface area contributed by atoms with Gasteiger partial charge in [-0.25, -0.2) is 14.6 Å². The molecule has 1 N–H and O–H groups in total. The van der Waals surface area contributed by atoms with Gasteiger partial charge in [-0.2, -0.15) is 21.6 Å². The zero-order valence-corrected chi connectivity index (χ0v) is 26.6. The van der Waals surface area contributed by atoms with Gasteiger partial charge < -0.3 is 9.64 Å². The Labute approximate surface area is 267 Å². The van der Waals surface area contributed by atoms with Crippen LogP contribution in [0.2, 0.25) is 0 Å². The van der Waals surface area contributed by atoms with E-state index < -0.39 is 28.2 Å². The number of nitrogens with one attached hydrogen (secondary N) is 1. The van der Waals surface area contributed by atoms with Gasteiger partial charge in [-0.3, -0.25) is 4.72 Å². The highest BCUT2D eigenvalue weighted by molar-refractivity contribution is 7.92. The van der Waals surface area contributed by atoms with E-state index >= 15 is 0 Å². The molecule has 0 radical (unpaired) electrons. The van der Waals surface area contributed by atoms with E-state index in [0.29, 0.717) is 30.3 Å². The zero-order valence-electron chi connectivity index (χ0n) is 25.8. The van der Waals surface area contributed by atoms with Crippen LogP contribution in [0.15, 0.2) is 84.5 Å². The highest BCUT2D eigenvalue weighted by Crippen LogP contribution is 2.38. The lowest BCUT2D eigenvalue weighted by Gasteiger charge is -2.26. The molecular weight excluding hydrogens is 617 g/mol. The van der Waals surface area contributed by atoms with Crippen LogP contribution in [0, 0.1) is 5.41 Å². The number of anilines is 2. The largest absolute Gasteiger partial charge is 0.476 e. The van der Waals surface area contributed by atoms with Crippen molar-refractivity contribution < 1.29 is 26.3 Å². The molecule has 0 saturated carbocycles. The first-order valence-corrected chi connectivity index (χ1v) is 16.6. The summed E-state index contributed by atoms with van der Waals surface area (Å²) in [6.07, 6.45) is 3.48. The highest BCUT2D eigenvalue weighted by atomic mass is 32.2. The van der Waals surface area contributed by atoms with Crippen molar-refractivity contribution in [2.24, 2.45) is 5.41 Å². The quantitative estimate of drug-likeness (QED) is 0.219. The molecule has 0 spiro atoms. The molecule has 9 nitrogen and oxygen atoms in total. The monoisotopic (exact) mass is 654 g/mol. The first-order chi connectivity index (χ1) is 21.9. The van der Waals surface area contributed by atoms with Crippen LogP contribution in [-0.4, -0.2) is 54.0 Å². The molecule has 4 heterocycles. The lowest BCUT2D eigenvalue weighted by atomic mass is 9.94. The first kappa shape index (κ1) is 33.0. The number of benzene rings is 1. The molecule has 0 unspecified atom stereocenters. The number of hydrogen-bond donors (Lipinski definition) is 1. The lowest BCUT2D eigenvalue weighted by molar-refractivity contribution is -0.219. The van der Waals surface area contributed by atoms with E-state index in [1.54, 1.807) is 30.5 Å². The maximum absolute atomic E-state index is 13.5. The van der Waals surface area contributed by atoms with Gasteiger partial charge in [-0.15, -0.1) is 11.7 Å². The molecule has 4 aromatic rings. The van der Waals surface area contributed by atoms with Crippen LogP contribution in [0.1, 0.15) is 45.1 Å². The second kappa shape index (κ2) is 13.5. The Morgan fingerprint density at radius 2 is 1.76 bits per heavy atom. The summed E-state index contributed by atoms with van der Waals surface area (Å²) >= 11 is 0. The summed E-state index contributed by atoms with van der Waals surface area (Å²) in [4.78, 5) is 11.2. The predicted molar refractivity (Wildman–Crippen MR) is 172 cm³/mol. The fourth-order valence-corrected chi connectivity index (χ4v) is 6.03. The normalized spacial score (nSPS) is 15.7. The number of hydrogen-bond acceptors (Lipinski definition) is 7. The molecule has 5 rings (SSSR count). The first-order valence-electron chi connectivity index (χ1n) is 15.1. The molecule has 0 atom stereocenters. The van der Waals surface area contributed by atoms with Gasteiger partial charge in [0.1, 0.15) is 18.2 Å². The van der Waals surface area contributed by atoms with Gasteiger partial charge in [-0.1, -0.05) is 49.2 Å². The minimum atomic E-state index is -4.45. The zero-order chi connectivity index (χ0) is 33.0. The molecule has 13 heteroatoms. The number of sulfonamides is 1. The van der Waals surface area contributed by atoms with Crippen LogP contribution in [0.3, 0.4) is 0 Å². The Balaban J connectivity index is 1.55. The average Bonchev–Trinajstić information content (AvgIpc) is 3.49. The van der Waals surface area contributed by atoms with Crippen LogP contribution >= 0.6 is 0 Å². The molecular formula is C33H37F3N6O3S. The molecule has 1 aromatic carbocycles. The van der Waals surface area contributed by atoms with Gasteiger partial charge in [-0.05, 0) is 62.9 Å². The number of alkyl halides is 3. The van der Waals surface area contributed by atoms with Gasteiger partial charge in [0.05, 0.1) is 16.8 Å². The fourth-order valence-electron chi connectivity index (χ4n) is 5.06. The Morgan fingerprint density at radius 3 is 2.54 bits per heavy atom. The van der Waals surface area contributed by atoms with E-state index in [9.17, 15) is 21.6 Å². The third-order valence-electron chi connectivity index (χ3n) is 7.83. The SMILES string of the molecule is C=CCN1CCCCCCc2ccccc2-c2nc(ccc2-n2ccc(OCC(C)(C)C(F)(F)F)n2)NS(=O)(=O)c2cccc1n2. The lowest BCUT2D eigenvalue weighted by Crippen LogP contribution is -2.37. The number of rotatable bonds is 6. The standard InChI is InChI=1S/C33H37F3N6O3S/c1-4-20-41-21-10-6-5-7-12-24-13-8-9-14-25(24)31-26(42-22-19-29(39-42)45-23-32(2,3)33(34,35)36)17-18-27(37-31)40-46(43,44)30-16-11-15-28(41)38-30/h4,8-9,11,13-19,22H,1,5-7,10,12,20-21,23H2,2-3H3,(H,37,40). The third kappa shape index (κ3) is 7.52. The fraction of sp³-hybridized carbons (Fsp3) is 0.364. The summed E-state index contributed by atoms with van der Waals surface area (Å²) in [6.45, 7) is 6.61. The van der Waals surface area contributed by atoms with Gasteiger partial charge >= 0.3 is 6.18 Å². The Bertz CT molecular complexity index is 1790. The van der Waals surface area contributed by atoms with Crippen molar-refractivity contribution in [1.82, 2.24) is 19.7 Å². The van der Waals surface area contributed by atoms with Crippen molar-refractivity contribution >= 4 is 21.7 Å². The number of halogens is 3. The maximum atomic E-state index is 13.5. The molecule has 1 aliphatic rings. The predicted octanol–water partition coefficient (Wildman–Crippen LogP) is 7.21. The summed E-state index contributed by atoms with van der Waals surface area (Å²) in [5.74, 6) is 0.630. The Kier molecular flexibility index (Phi) is 9.71. The summed E-state index contributed by atoms with van der Waals surface area (Å²) < 4.78 is 76.7. The average molecular weight is 655 g/mol. The minimum Gasteiger partial charge on any atom is -0.476 e. The summed E-state index contributed by atoms with van der Waals surface area (Å²) in [6, 6.07) is 17.3. The molecule has 3 aromatic heterocycles. The molecule has 0 fully saturated rings. The van der Waals surface area contributed by atoms with E-state index in [-0.39, 0.29) is 16.7 Å². The number of aromatic nitrogens is 4.